The third kappa shape index (κ3) is 3.10. The maximum Gasteiger partial charge on any atom is 0.337 e. The first-order valence-electron chi connectivity index (χ1n) is 4.03. The molecule has 0 radical (unpaired) electrons. The van der Waals surface area contributed by atoms with Gasteiger partial charge < -0.3 is 5.11 Å². The lowest BCUT2D eigenvalue weighted by atomic mass is 10.1. The van der Waals surface area contributed by atoms with Gasteiger partial charge >= 0.3 is 5.97 Å². The van der Waals surface area contributed by atoms with Crippen molar-refractivity contribution in [3.05, 3.63) is 27.4 Å². The molecule has 0 atom stereocenters. The average molecular weight is 625 g/mol. The molecule has 18 heavy (non-hydrogen) atoms. The van der Waals surface area contributed by atoms with E-state index >= 15 is 0 Å². The number of halogens is 5. The number of carbonyl (C=O) groups is 3. The Morgan fingerprint density at radius 1 is 0.778 bits per heavy atom. The Balaban J connectivity index is 3.94. The molecule has 1 aromatic carbocycles. The molecule has 0 aromatic heterocycles. The van der Waals surface area contributed by atoms with E-state index in [0.717, 1.165) is 0 Å². The molecule has 0 unspecified atom stereocenters. The molecule has 0 bridgehead atoms. The van der Waals surface area contributed by atoms with Crippen LogP contribution in [0.4, 0.5) is 0 Å². The fourth-order valence-corrected chi connectivity index (χ4v) is 6.82. The second kappa shape index (κ2) is 6.50. The van der Waals surface area contributed by atoms with Crippen molar-refractivity contribution in [3.63, 3.8) is 0 Å². The number of rotatable bonds is 3. The van der Waals surface area contributed by atoms with Crippen molar-refractivity contribution in [1.82, 2.24) is 0 Å². The summed E-state index contributed by atoms with van der Waals surface area (Å²) in [6, 6.07) is 0. The van der Waals surface area contributed by atoms with E-state index in [1.54, 1.807) is 67.8 Å². The summed E-state index contributed by atoms with van der Waals surface area (Å²) in [4.78, 5) is 33.9. The van der Waals surface area contributed by atoms with Gasteiger partial charge in [-0.1, -0.05) is 0 Å². The van der Waals surface area contributed by atoms with Crippen molar-refractivity contribution < 1.29 is 19.5 Å². The van der Waals surface area contributed by atoms with Crippen LogP contribution in [0.5, 0.6) is 0 Å². The van der Waals surface area contributed by atoms with Crippen LogP contribution in [0.1, 0.15) is 31.1 Å². The van der Waals surface area contributed by atoms with Gasteiger partial charge in [-0.15, -0.1) is 0 Å². The molecule has 4 nitrogen and oxygen atoms in total. The van der Waals surface area contributed by atoms with E-state index in [4.69, 9.17) is 28.3 Å². The highest BCUT2D eigenvalue weighted by molar-refractivity contribution is 14.1. The number of carbonyl (C=O) groups excluding carboxylic acids is 2. The van der Waals surface area contributed by atoms with Crippen molar-refractivity contribution >= 4 is 107 Å². The lowest BCUT2D eigenvalue weighted by Crippen LogP contribution is -2.15. The van der Waals surface area contributed by atoms with Gasteiger partial charge in [0.05, 0.1) is 16.7 Å². The van der Waals surface area contributed by atoms with Crippen molar-refractivity contribution in [1.29, 1.82) is 0 Å². The smallest absolute Gasteiger partial charge is 0.337 e. The molecule has 0 amide bonds. The predicted molar refractivity (Wildman–Crippen MR) is 91.9 cm³/mol. The van der Waals surface area contributed by atoms with Gasteiger partial charge in [0.1, 0.15) is 0 Å². The summed E-state index contributed by atoms with van der Waals surface area (Å²) in [6.45, 7) is 0. The standard InChI is InChI=1S/C9HCl2I3O4/c10-7(15)1-4(12)2(8(11)16)6(14)3(5(1)13)9(17)18/h(H,17,18). The number of carboxylic acid groups (broad SMARTS) is 1. The van der Waals surface area contributed by atoms with Gasteiger partial charge in [-0.3, -0.25) is 9.59 Å². The molecule has 0 aliphatic heterocycles. The quantitative estimate of drug-likeness (QED) is 0.409. The zero-order valence-electron chi connectivity index (χ0n) is 8.06. The molecule has 1 N–H and O–H groups in total. The van der Waals surface area contributed by atoms with Crippen LogP contribution in [0.25, 0.3) is 0 Å². The van der Waals surface area contributed by atoms with Crippen LogP contribution < -0.4 is 0 Å². The predicted octanol–water partition coefficient (Wildman–Crippen LogP) is 3.96. The first kappa shape index (κ1) is 16.9. The van der Waals surface area contributed by atoms with Crippen LogP contribution >= 0.6 is 91.0 Å². The number of benzene rings is 1. The van der Waals surface area contributed by atoms with Crippen LogP contribution in [-0.4, -0.2) is 21.6 Å². The SMILES string of the molecule is O=C(O)c1c(I)c(C(=O)Cl)c(I)c(C(=O)Cl)c1I. The van der Waals surface area contributed by atoms with E-state index in [9.17, 15) is 14.4 Å². The van der Waals surface area contributed by atoms with Gasteiger partial charge in [-0.05, 0) is 91.0 Å². The van der Waals surface area contributed by atoms with E-state index in [2.05, 4.69) is 0 Å². The molecule has 0 aliphatic carbocycles. The molecule has 0 spiro atoms. The molecule has 1 rings (SSSR count). The lowest BCUT2D eigenvalue weighted by molar-refractivity contribution is 0.0694. The molecular weight excluding hydrogens is 624 g/mol. The van der Waals surface area contributed by atoms with E-state index in [0.29, 0.717) is 0 Å². The minimum absolute atomic E-state index is 0.0142. The van der Waals surface area contributed by atoms with Crippen LogP contribution in [0.3, 0.4) is 0 Å². The van der Waals surface area contributed by atoms with Crippen molar-refractivity contribution in [2.75, 3.05) is 0 Å². The number of carboxylic acids is 1. The maximum absolute atomic E-state index is 11.4. The molecule has 1 aromatic rings. The third-order valence-electron chi connectivity index (χ3n) is 1.92. The molecule has 0 heterocycles. The van der Waals surface area contributed by atoms with Crippen LogP contribution in [0.15, 0.2) is 0 Å². The average Bonchev–Trinajstić information content (AvgIpc) is 2.14. The van der Waals surface area contributed by atoms with Crippen molar-refractivity contribution in [2.24, 2.45) is 0 Å². The molecule has 0 fully saturated rings. The van der Waals surface area contributed by atoms with Gasteiger partial charge in [0.2, 0.25) is 0 Å². The van der Waals surface area contributed by atoms with Gasteiger partial charge in [0.25, 0.3) is 10.5 Å². The largest absolute Gasteiger partial charge is 0.478 e. The maximum atomic E-state index is 11.4. The van der Waals surface area contributed by atoms with Gasteiger partial charge in [-0.25, -0.2) is 4.79 Å². The first-order chi connectivity index (χ1) is 8.20. The summed E-state index contributed by atoms with van der Waals surface area (Å²) in [6.07, 6.45) is 0. The number of aromatic carboxylic acids is 1. The monoisotopic (exact) mass is 624 g/mol. The lowest BCUT2D eigenvalue weighted by Gasteiger charge is -2.13. The first-order valence-corrected chi connectivity index (χ1v) is 8.02. The third-order valence-corrected chi connectivity index (χ3v) is 5.54. The van der Waals surface area contributed by atoms with Gasteiger partial charge in [-0.2, -0.15) is 0 Å². The summed E-state index contributed by atoms with van der Waals surface area (Å²) in [7, 11) is 0. The Labute approximate surface area is 152 Å². The van der Waals surface area contributed by atoms with E-state index in [1.807, 2.05) is 0 Å². The fraction of sp³-hybridized carbons (Fsp3) is 0. The van der Waals surface area contributed by atoms with Crippen molar-refractivity contribution in [2.45, 2.75) is 0 Å². The molecule has 0 saturated carbocycles. The highest BCUT2D eigenvalue weighted by Crippen LogP contribution is 2.33. The Kier molecular flexibility index (Phi) is 6.09. The topological polar surface area (TPSA) is 71.4 Å². The van der Waals surface area contributed by atoms with Crippen LogP contribution in [0.2, 0.25) is 0 Å². The molecule has 0 saturated heterocycles. The normalized spacial score (nSPS) is 10.3. The fourth-order valence-electron chi connectivity index (χ4n) is 1.20. The second-order valence-electron chi connectivity index (χ2n) is 2.92. The molecule has 96 valence electrons. The minimum Gasteiger partial charge on any atom is -0.478 e. The van der Waals surface area contributed by atoms with Gasteiger partial charge in [0, 0.05) is 10.7 Å². The summed E-state index contributed by atoms with van der Waals surface area (Å²) < 4.78 is 0.637. The Morgan fingerprint density at radius 2 is 1.06 bits per heavy atom. The Morgan fingerprint density at radius 3 is 1.28 bits per heavy atom. The van der Waals surface area contributed by atoms with E-state index in [1.165, 1.54) is 0 Å². The van der Waals surface area contributed by atoms with Gasteiger partial charge in [0.15, 0.2) is 0 Å². The zero-order chi connectivity index (χ0) is 14.2. The number of hydrogen-bond acceptors (Lipinski definition) is 3. The summed E-state index contributed by atoms with van der Waals surface area (Å²) >= 11 is 16.0. The summed E-state index contributed by atoms with van der Waals surface area (Å²) in [5.74, 6) is -1.25. The summed E-state index contributed by atoms with van der Waals surface area (Å²) in [5, 5.41) is 7.47. The minimum atomic E-state index is -1.25. The highest BCUT2D eigenvalue weighted by Gasteiger charge is 2.28. The molecule has 0 aliphatic rings. The Bertz CT molecular complexity index is 484. The highest BCUT2D eigenvalue weighted by atomic mass is 127. The molecule has 9 heteroatoms. The van der Waals surface area contributed by atoms with Crippen LogP contribution in [-0.2, 0) is 0 Å². The van der Waals surface area contributed by atoms with E-state index in [-0.39, 0.29) is 27.4 Å². The van der Waals surface area contributed by atoms with E-state index < -0.39 is 16.5 Å². The second-order valence-corrected chi connectivity index (χ2v) is 6.84. The summed E-state index contributed by atoms with van der Waals surface area (Å²) in [5.41, 5.74) is -0.177. The zero-order valence-corrected chi connectivity index (χ0v) is 16.0. The Hall–Kier alpha value is 0.800. The number of hydrogen-bond donors (Lipinski definition) is 1. The molecular formula is C9HCl2I3O4. The van der Waals surface area contributed by atoms with Crippen LogP contribution in [0, 0.1) is 10.7 Å². The van der Waals surface area contributed by atoms with Crippen molar-refractivity contribution in [3.8, 4) is 0 Å².